The maximum Gasteiger partial charge on any atom is 0.269 e. The molecule has 0 fully saturated rings. The molecule has 0 aliphatic rings. The van der Waals surface area contributed by atoms with Crippen molar-refractivity contribution < 1.29 is 13.0 Å². The molecule has 0 aromatic rings. The Morgan fingerprint density at radius 3 is 2.25 bits per heavy atom. The summed E-state index contributed by atoms with van der Waals surface area (Å²) in [7, 11) is -3.96. The van der Waals surface area contributed by atoms with E-state index in [4.69, 9.17) is 10.3 Å². The van der Waals surface area contributed by atoms with Crippen LogP contribution in [0.25, 0.3) is 0 Å². The van der Waals surface area contributed by atoms with Crippen LogP contribution in [-0.2, 0) is 10.1 Å². The molecule has 4 nitrogen and oxygen atoms in total. The Morgan fingerprint density at radius 2 is 2.00 bits per heavy atom. The summed E-state index contributed by atoms with van der Waals surface area (Å²) < 4.78 is 30.3. The van der Waals surface area contributed by atoms with Crippen LogP contribution in [0, 0.1) is 5.92 Å². The fraction of sp³-hybridized carbons (Fsp3) is 1.00. The van der Waals surface area contributed by atoms with E-state index in [1.165, 1.54) is 0 Å². The molecule has 2 unspecified atom stereocenters. The van der Waals surface area contributed by atoms with Gasteiger partial charge in [0.2, 0.25) is 0 Å². The molecule has 0 amide bonds. The molecule has 2 atom stereocenters. The minimum atomic E-state index is -3.96. The van der Waals surface area contributed by atoms with Crippen LogP contribution >= 0.6 is 0 Å². The molecule has 12 heavy (non-hydrogen) atoms. The second-order valence-corrected chi connectivity index (χ2v) is 4.69. The summed E-state index contributed by atoms with van der Waals surface area (Å²) in [6.45, 7) is 3.74. The van der Waals surface area contributed by atoms with E-state index in [2.05, 4.69) is 0 Å². The van der Waals surface area contributed by atoms with E-state index in [0.29, 0.717) is 0 Å². The second-order valence-electron chi connectivity index (χ2n) is 3.06. The molecular weight excluding hydrogens is 178 g/mol. The van der Waals surface area contributed by atoms with E-state index in [9.17, 15) is 8.42 Å². The average Bonchev–Trinajstić information content (AvgIpc) is 1.85. The Balaban J connectivity index is 4.35. The van der Waals surface area contributed by atoms with Crippen LogP contribution in [0.5, 0.6) is 0 Å². The predicted octanol–water partition coefficient (Wildman–Crippen LogP) is 0.638. The smallest absolute Gasteiger partial charge is 0.269 e. The fourth-order valence-corrected chi connectivity index (χ4v) is 2.26. The molecular formula is C7H17NO3S. The maximum atomic E-state index is 10.8. The highest BCUT2D eigenvalue weighted by atomic mass is 32.2. The first-order chi connectivity index (χ1) is 5.43. The largest absolute Gasteiger partial charge is 0.329 e. The van der Waals surface area contributed by atoms with Crippen LogP contribution in [0.1, 0.15) is 26.7 Å². The second kappa shape index (κ2) is 4.79. The molecule has 5 heteroatoms. The third-order valence-corrected chi connectivity index (χ3v) is 3.42. The van der Waals surface area contributed by atoms with Gasteiger partial charge in [-0.05, 0) is 12.3 Å². The van der Waals surface area contributed by atoms with Gasteiger partial charge in [-0.2, -0.15) is 8.42 Å². The fourth-order valence-electron chi connectivity index (χ4n) is 1.29. The van der Waals surface area contributed by atoms with Gasteiger partial charge in [-0.1, -0.05) is 20.3 Å². The molecule has 0 saturated carbocycles. The lowest BCUT2D eigenvalue weighted by molar-refractivity contribution is 0.419. The van der Waals surface area contributed by atoms with E-state index < -0.39 is 15.4 Å². The van der Waals surface area contributed by atoms with Gasteiger partial charge in [0.15, 0.2) is 0 Å². The first-order valence-corrected chi connectivity index (χ1v) is 5.60. The summed E-state index contributed by atoms with van der Waals surface area (Å²) in [4.78, 5) is 0. The highest BCUT2D eigenvalue weighted by Gasteiger charge is 2.26. The van der Waals surface area contributed by atoms with Gasteiger partial charge < -0.3 is 5.73 Å². The Labute approximate surface area is 73.9 Å². The van der Waals surface area contributed by atoms with Crippen molar-refractivity contribution in [2.45, 2.75) is 31.9 Å². The van der Waals surface area contributed by atoms with Crippen LogP contribution < -0.4 is 5.73 Å². The van der Waals surface area contributed by atoms with Gasteiger partial charge in [0.05, 0.1) is 0 Å². The quantitative estimate of drug-likeness (QED) is 0.631. The van der Waals surface area contributed by atoms with Crippen molar-refractivity contribution in [3.8, 4) is 0 Å². The third-order valence-electron chi connectivity index (χ3n) is 1.99. The van der Waals surface area contributed by atoms with Crippen molar-refractivity contribution in [2.24, 2.45) is 11.7 Å². The van der Waals surface area contributed by atoms with Gasteiger partial charge in [-0.3, -0.25) is 4.55 Å². The molecule has 0 aliphatic carbocycles. The summed E-state index contributed by atoms with van der Waals surface area (Å²) in [6, 6.07) is 0. The molecule has 3 N–H and O–H groups in total. The van der Waals surface area contributed by atoms with Gasteiger partial charge >= 0.3 is 0 Å². The van der Waals surface area contributed by atoms with Crippen molar-refractivity contribution in [3.05, 3.63) is 0 Å². The Bertz CT molecular complexity index is 213. The van der Waals surface area contributed by atoms with E-state index in [1.807, 2.05) is 6.92 Å². The van der Waals surface area contributed by atoms with Crippen LogP contribution in [-0.4, -0.2) is 24.8 Å². The van der Waals surface area contributed by atoms with E-state index in [-0.39, 0.29) is 12.5 Å². The lowest BCUT2D eigenvalue weighted by Crippen LogP contribution is -2.35. The van der Waals surface area contributed by atoms with Gasteiger partial charge in [0.1, 0.15) is 5.25 Å². The van der Waals surface area contributed by atoms with Gasteiger partial charge in [-0.25, -0.2) is 0 Å². The van der Waals surface area contributed by atoms with Gasteiger partial charge in [0.25, 0.3) is 10.1 Å². The highest BCUT2D eigenvalue weighted by Crippen LogP contribution is 2.15. The van der Waals surface area contributed by atoms with E-state index in [0.717, 1.165) is 12.8 Å². The zero-order valence-electron chi connectivity index (χ0n) is 7.53. The molecule has 0 bridgehead atoms. The lowest BCUT2D eigenvalue weighted by atomic mass is 10.0. The van der Waals surface area contributed by atoms with Crippen LogP contribution in [0.2, 0.25) is 0 Å². The molecule has 74 valence electrons. The van der Waals surface area contributed by atoms with Crippen LogP contribution in [0.4, 0.5) is 0 Å². The normalized spacial score (nSPS) is 17.3. The third kappa shape index (κ3) is 3.51. The molecule has 0 aromatic carbocycles. The summed E-state index contributed by atoms with van der Waals surface area (Å²) in [5.41, 5.74) is 5.25. The standard InChI is InChI=1S/C7H17NO3S/c1-3-4-6(2)7(5-8)12(9,10)11/h6-7H,3-5,8H2,1-2H3,(H,9,10,11). The Kier molecular flexibility index (Phi) is 4.74. The van der Waals surface area contributed by atoms with E-state index in [1.54, 1.807) is 6.92 Å². The predicted molar refractivity (Wildman–Crippen MR) is 48.5 cm³/mol. The SMILES string of the molecule is CCCC(C)C(CN)S(=O)(=O)O. The molecule has 0 radical (unpaired) electrons. The Hall–Kier alpha value is -0.130. The van der Waals surface area contributed by atoms with Crippen LogP contribution in [0.3, 0.4) is 0 Å². The molecule has 0 aliphatic heterocycles. The highest BCUT2D eigenvalue weighted by molar-refractivity contribution is 7.86. The number of rotatable bonds is 5. The van der Waals surface area contributed by atoms with Crippen molar-refractivity contribution in [3.63, 3.8) is 0 Å². The summed E-state index contributed by atoms with van der Waals surface area (Å²) in [6.07, 6.45) is 1.66. The topological polar surface area (TPSA) is 80.4 Å². The van der Waals surface area contributed by atoms with Crippen molar-refractivity contribution >= 4 is 10.1 Å². The minimum Gasteiger partial charge on any atom is -0.329 e. The number of hydrogen-bond acceptors (Lipinski definition) is 3. The first-order valence-electron chi connectivity index (χ1n) is 4.09. The number of nitrogens with two attached hydrogens (primary N) is 1. The summed E-state index contributed by atoms with van der Waals surface area (Å²) in [5, 5.41) is -0.808. The monoisotopic (exact) mass is 195 g/mol. The van der Waals surface area contributed by atoms with E-state index >= 15 is 0 Å². The lowest BCUT2D eigenvalue weighted by Gasteiger charge is -2.18. The maximum absolute atomic E-state index is 10.8. The minimum absolute atomic E-state index is 0.0139. The van der Waals surface area contributed by atoms with Crippen LogP contribution in [0.15, 0.2) is 0 Å². The van der Waals surface area contributed by atoms with Crippen molar-refractivity contribution in [1.82, 2.24) is 0 Å². The molecule has 0 saturated heterocycles. The molecule has 0 aromatic heterocycles. The summed E-state index contributed by atoms with van der Waals surface area (Å²) in [5.74, 6) is -0.0741. The van der Waals surface area contributed by atoms with Gasteiger partial charge in [-0.15, -0.1) is 0 Å². The summed E-state index contributed by atoms with van der Waals surface area (Å²) >= 11 is 0. The Morgan fingerprint density at radius 1 is 1.50 bits per heavy atom. The molecule has 0 heterocycles. The zero-order valence-corrected chi connectivity index (χ0v) is 8.34. The molecule has 0 spiro atoms. The molecule has 0 rings (SSSR count). The number of hydrogen-bond donors (Lipinski definition) is 2. The first kappa shape index (κ1) is 11.9. The average molecular weight is 195 g/mol. The van der Waals surface area contributed by atoms with Crippen molar-refractivity contribution in [2.75, 3.05) is 6.54 Å². The van der Waals surface area contributed by atoms with Gasteiger partial charge in [0, 0.05) is 6.54 Å². The van der Waals surface area contributed by atoms with Crippen molar-refractivity contribution in [1.29, 1.82) is 0 Å². The zero-order chi connectivity index (χ0) is 9.78.